The van der Waals surface area contributed by atoms with Crippen LogP contribution < -0.4 is 5.73 Å². The molecule has 1 rings (SSSR count). The molecule has 19 heavy (non-hydrogen) atoms. The van der Waals surface area contributed by atoms with Crippen molar-refractivity contribution in [2.45, 2.75) is 13.8 Å². The number of ether oxygens (including phenoxy) is 1. The fourth-order valence-corrected chi connectivity index (χ4v) is 2.07. The van der Waals surface area contributed by atoms with Crippen molar-refractivity contribution in [3.8, 4) is 0 Å². The van der Waals surface area contributed by atoms with Crippen LogP contribution in [0.4, 0.5) is 5.69 Å². The Bertz CT molecular complexity index is 473. The predicted octanol–water partition coefficient (Wildman–Crippen LogP) is 1.90. The molecule has 0 atom stereocenters. The van der Waals surface area contributed by atoms with E-state index in [1.54, 1.807) is 23.1 Å². The molecule has 0 saturated heterocycles. The van der Waals surface area contributed by atoms with E-state index in [1.807, 2.05) is 13.8 Å². The number of likely N-dealkylation sites (N-methyl/N-ethyl adjacent to an activating group) is 1. The molecule has 0 aromatic heterocycles. The molecule has 0 saturated carbocycles. The minimum absolute atomic E-state index is 0.206. The van der Waals surface area contributed by atoms with Crippen molar-refractivity contribution >= 4 is 40.2 Å². The number of amides is 1. The van der Waals surface area contributed by atoms with Crippen molar-refractivity contribution in [1.29, 1.82) is 0 Å². The summed E-state index contributed by atoms with van der Waals surface area (Å²) in [4.78, 5) is 25.2. The Hall–Kier alpha value is -1.31. The van der Waals surface area contributed by atoms with Crippen LogP contribution in [0.2, 0.25) is 0 Å². The number of nitrogen functional groups attached to an aromatic ring is 1. The summed E-state index contributed by atoms with van der Waals surface area (Å²) in [5.74, 6) is -0.779. The molecule has 0 aliphatic carbocycles. The van der Waals surface area contributed by atoms with Crippen molar-refractivity contribution in [2.24, 2.45) is 0 Å². The second-order valence-electron chi connectivity index (χ2n) is 3.87. The summed E-state index contributed by atoms with van der Waals surface area (Å²) in [6, 6.07) is 5.08. The first-order chi connectivity index (χ1) is 8.99. The van der Waals surface area contributed by atoms with Crippen molar-refractivity contribution in [3.63, 3.8) is 0 Å². The standard InChI is InChI=1S/C13H17IN2O3/c1-3-16(4-2)12(17)8-19-13(18)10-7-9(14)5-6-11(10)15/h5-7H,3-4,8,15H2,1-2H3. The molecular formula is C13H17IN2O3. The summed E-state index contributed by atoms with van der Waals surface area (Å²) in [7, 11) is 0. The zero-order valence-electron chi connectivity index (χ0n) is 11.0. The van der Waals surface area contributed by atoms with Gasteiger partial charge >= 0.3 is 5.97 Å². The van der Waals surface area contributed by atoms with E-state index in [0.29, 0.717) is 24.3 Å². The number of carbonyl (C=O) groups is 2. The van der Waals surface area contributed by atoms with Gasteiger partial charge in [0.2, 0.25) is 0 Å². The Morgan fingerprint density at radius 3 is 2.53 bits per heavy atom. The van der Waals surface area contributed by atoms with E-state index in [9.17, 15) is 9.59 Å². The van der Waals surface area contributed by atoms with E-state index < -0.39 is 5.97 Å². The Morgan fingerprint density at radius 1 is 1.32 bits per heavy atom. The Labute approximate surface area is 126 Å². The molecule has 1 aromatic rings. The minimum Gasteiger partial charge on any atom is -0.452 e. The quantitative estimate of drug-likeness (QED) is 0.484. The van der Waals surface area contributed by atoms with E-state index in [4.69, 9.17) is 10.5 Å². The van der Waals surface area contributed by atoms with Crippen LogP contribution in [0.1, 0.15) is 24.2 Å². The van der Waals surface area contributed by atoms with Crippen LogP contribution in [0.5, 0.6) is 0 Å². The maximum atomic E-state index is 11.8. The van der Waals surface area contributed by atoms with Gasteiger partial charge in [-0.25, -0.2) is 4.79 Å². The summed E-state index contributed by atoms with van der Waals surface area (Å²) in [5.41, 5.74) is 6.35. The molecule has 1 amide bonds. The summed E-state index contributed by atoms with van der Waals surface area (Å²) >= 11 is 2.08. The normalized spacial score (nSPS) is 10.1. The van der Waals surface area contributed by atoms with Gasteiger partial charge in [-0.2, -0.15) is 0 Å². The van der Waals surface area contributed by atoms with Crippen LogP contribution in [-0.4, -0.2) is 36.5 Å². The molecule has 0 unspecified atom stereocenters. The fourth-order valence-electron chi connectivity index (χ4n) is 1.58. The van der Waals surface area contributed by atoms with Gasteiger partial charge < -0.3 is 15.4 Å². The highest BCUT2D eigenvalue weighted by Crippen LogP contribution is 2.16. The minimum atomic E-state index is -0.573. The SMILES string of the molecule is CCN(CC)C(=O)COC(=O)c1cc(I)ccc1N. The molecule has 0 aliphatic heterocycles. The summed E-state index contributed by atoms with van der Waals surface area (Å²) < 4.78 is 5.88. The van der Waals surface area contributed by atoms with Crippen LogP contribution in [-0.2, 0) is 9.53 Å². The number of benzene rings is 1. The third-order valence-corrected chi connectivity index (χ3v) is 3.35. The molecular weight excluding hydrogens is 359 g/mol. The van der Waals surface area contributed by atoms with Crippen LogP contribution in [0.15, 0.2) is 18.2 Å². The lowest BCUT2D eigenvalue weighted by Gasteiger charge is -2.18. The van der Waals surface area contributed by atoms with E-state index >= 15 is 0 Å². The number of esters is 1. The molecule has 0 radical (unpaired) electrons. The number of halogens is 1. The molecule has 104 valence electrons. The smallest absolute Gasteiger partial charge is 0.340 e. The highest BCUT2D eigenvalue weighted by molar-refractivity contribution is 14.1. The lowest BCUT2D eigenvalue weighted by atomic mass is 10.2. The van der Waals surface area contributed by atoms with Gasteiger partial charge in [-0.05, 0) is 54.6 Å². The number of nitrogens with two attached hydrogens (primary N) is 1. The lowest BCUT2D eigenvalue weighted by molar-refractivity contribution is -0.134. The molecule has 5 nitrogen and oxygen atoms in total. The van der Waals surface area contributed by atoms with Crippen molar-refractivity contribution in [3.05, 3.63) is 27.3 Å². The van der Waals surface area contributed by atoms with Crippen molar-refractivity contribution in [2.75, 3.05) is 25.4 Å². The topological polar surface area (TPSA) is 72.6 Å². The third-order valence-electron chi connectivity index (χ3n) is 2.68. The number of hydrogen-bond acceptors (Lipinski definition) is 4. The van der Waals surface area contributed by atoms with E-state index in [2.05, 4.69) is 22.6 Å². The van der Waals surface area contributed by atoms with Crippen LogP contribution in [0.3, 0.4) is 0 Å². The fraction of sp³-hybridized carbons (Fsp3) is 0.385. The van der Waals surface area contributed by atoms with Crippen LogP contribution in [0, 0.1) is 3.57 Å². The lowest BCUT2D eigenvalue weighted by Crippen LogP contribution is -2.34. The summed E-state index contributed by atoms with van der Waals surface area (Å²) in [5, 5.41) is 0. The zero-order chi connectivity index (χ0) is 14.4. The van der Waals surface area contributed by atoms with E-state index in [1.165, 1.54) is 0 Å². The van der Waals surface area contributed by atoms with Gasteiger partial charge in [0.15, 0.2) is 6.61 Å². The molecule has 0 spiro atoms. The number of nitrogens with zero attached hydrogens (tertiary/aromatic N) is 1. The van der Waals surface area contributed by atoms with Crippen molar-refractivity contribution < 1.29 is 14.3 Å². The number of rotatable bonds is 5. The molecule has 0 aliphatic rings. The summed E-state index contributed by atoms with van der Waals surface area (Å²) in [6.07, 6.45) is 0. The average Bonchev–Trinajstić information content (AvgIpc) is 2.40. The van der Waals surface area contributed by atoms with Gasteiger partial charge in [0.25, 0.3) is 5.91 Å². The average molecular weight is 376 g/mol. The summed E-state index contributed by atoms with van der Waals surface area (Å²) in [6.45, 7) is 4.68. The number of carbonyl (C=O) groups excluding carboxylic acids is 2. The van der Waals surface area contributed by atoms with Gasteiger partial charge in [0, 0.05) is 22.3 Å². The molecule has 1 aromatic carbocycles. The van der Waals surface area contributed by atoms with Gasteiger partial charge in [0.05, 0.1) is 5.56 Å². The third kappa shape index (κ3) is 4.38. The predicted molar refractivity (Wildman–Crippen MR) is 81.8 cm³/mol. The molecule has 2 N–H and O–H groups in total. The Kier molecular flexibility index (Phi) is 6.07. The molecule has 6 heteroatoms. The van der Waals surface area contributed by atoms with Gasteiger partial charge in [-0.3, -0.25) is 4.79 Å². The van der Waals surface area contributed by atoms with Crippen molar-refractivity contribution in [1.82, 2.24) is 4.90 Å². The van der Waals surface area contributed by atoms with Crippen LogP contribution >= 0.6 is 22.6 Å². The first kappa shape index (κ1) is 15.7. The van der Waals surface area contributed by atoms with E-state index in [0.717, 1.165) is 3.57 Å². The monoisotopic (exact) mass is 376 g/mol. The number of anilines is 1. The highest BCUT2D eigenvalue weighted by atomic mass is 127. The Balaban J connectivity index is 2.65. The van der Waals surface area contributed by atoms with Gasteiger partial charge in [-0.1, -0.05) is 0 Å². The first-order valence-electron chi connectivity index (χ1n) is 5.99. The maximum absolute atomic E-state index is 11.8. The van der Waals surface area contributed by atoms with Crippen LogP contribution in [0.25, 0.3) is 0 Å². The second-order valence-corrected chi connectivity index (χ2v) is 5.12. The largest absolute Gasteiger partial charge is 0.452 e. The van der Waals surface area contributed by atoms with Gasteiger partial charge in [0.1, 0.15) is 0 Å². The molecule has 0 fully saturated rings. The van der Waals surface area contributed by atoms with Gasteiger partial charge in [-0.15, -0.1) is 0 Å². The molecule has 0 heterocycles. The number of hydrogen-bond donors (Lipinski definition) is 1. The Morgan fingerprint density at radius 2 is 1.95 bits per heavy atom. The highest BCUT2D eigenvalue weighted by Gasteiger charge is 2.16. The zero-order valence-corrected chi connectivity index (χ0v) is 13.1. The molecule has 0 bridgehead atoms. The maximum Gasteiger partial charge on any atom is 0.340 e. The van der Waals surface area contributed by atoms with E-state index in [-0.39, 0.29) is 12.5 Å². The second kappa shape index (κ2) is 7.32. The first-order valence-corrected chi connectivity index (χ1v) is 7.07.